The largest absolute Gasteiger partial charge is 0.348 e. The molecule has 3 aliphatic rings. The van der Waals surface area contributed by atoms with Crippen molar-refractivity contribution in [3.63, 3.8) is 0 Å². The van der Waals surface area contributed by atoms with E-state index < -0.39 is 0 Å². The van der Waals surface area contributed by atoms with Gasteiger partial charge in [-0.1, -0.05) is 43.7 Å². The van der Waals surface area contributed by atoms with Crippen LogP contribution in [0.2, 0.25) is 0 Å². The maximum absolute atomic E-state index is 12.5. The van der Waals surface area contributed by atoms with Crippen LogP contribution >= 0.6 is 0 Å². The van der Waals surface area contributed by atoms with Gasteiger partial charge in [-0.05, 0) is 55.7 Å². The molecule has 38 heavy (non-hydrogen) atoms. The van der Waals surface area contributed by atoms with Gasteiger partial charge in [0.05, 0.1) is 12.2 Å². The van der Waals surface area contributed by atoms with Gasteiger partial charge < -0.3 is 15.2 Å². The lowest BCUT2D eigenvalue weighted by atomic mass is 9.93. The number of aromatic nitrogens is 4. The Morgan fingerprint density at radius 1 is 1.13 bits per heavy atom. The fourth-order valence-corrected chi connectivity index (χ4v) is 5.80. The molecule has 3 aromatic rings. The third kappa shape index (κ3) is 4.99. The van der Waals surface area contributed by atoms with Gasteiger partial charge in [0.2, 0.25) is 11.9 Å². The van der Waals surface area contributed by atoms with Gasteiger partial charge in [0.1, 0.15) is 5.52 Å². The number of rotatable bonds is 9. The van der Waals surface area contributed by atoms with Crippen LogP contribution in [-0.4, -0.2) is 61.4 Å². The number of nitrogens with zero attached hydrogens (tertiary/aromatic N) is 5. The third-order valence-electron chi connectivity index (χ3n) is 8.56. The number of H-pyrrole nitrogens is 1. The molecule has 1 aliphatic heterocycles. The Bertz CT molecular complexity index is 1360. The zero-order valence-electron chi connectivity index (χ0n) is 22.1. The van der Waals surface area contributed by atoms with Gasteiger partial charge in [0.25, 0.3) is 0 Å². The molecule has 2 saturated carbocycles. The second-order valence-corrected chi connectivity index (χ2v) is 11.1. The number of amides is 1. The molecule has 2 N–H and O–H groups in total. The summed E-state index contributed by atoms with van der Waals surface area (Å²) in [6.07, 6.45) is 10.1. The van der Waals surface area contributed by atoms with Crippen molar-refractivity contribution in [3.8, 4) is 0 Å². The Morgan fingerprint density at radius 3 is 2.47 bits per heavy atom. The zero-order valence-corrected chi connectivity index (χ0v) is 22.1. The normalized spacial score (nSPS) is 20.2. The highest BCUT2D eigenvalue weighted by Crippen LogP contribution is 2.40. The van der Waals surface area contributed by atoms with Crippen LogP contribution < -0.4 is 11.0 Å². The molecule has 1 saturated heterocycles. The summed E-state index contributed by atoms with van der Waals surface area (Å²) in [5.74, 6) is 1.37. The van der Waals surface area contributed by atoms with Crippen molar-refractivity contribution >= 4 is 23.0 Å². The predicted octanol–water partition coefficient (Wildman–Crippen LogP) is 4.19. The number of fused-ring (bicyclic) bond motifs is 1. The number of hydrogen-bond acceptors (Lipinski definition) is 6. The first-order valence-electron chi connectivity index (χ1n) is 14.0. The van der Waals surface area contributed by atoms with Crippen molar-refractivity contribution in [3.05, 3.63) is 64.7 Å². The van der Waals surface area contributed by atoms with Crippen LogP contribution in [-0.2, 0) is 4.79 Å². The van der Waals surface area contributed by atoms with Gasteiger partial charge in [-0.15, -0.1) is 0 Å². The van der Waals surface area contributed by atoms with Crippen molar-refractivity contribution in [2.45, 2.75) is 63.6 Å². The second kappa shape index (κ2) is 10.4. The van der Waals surface area contributed by atoms with Gasteiger partial charge in [-0.2, -0.15) is 4.98 Å². The molecule has 9 nitrogen and oxygen atoms in total. The molecule has 200 valence electrons. The van der Waals surface area contributed by atoms with Crippen molar-refractivity contribution in [1.29, 1.82) is 0 Å². The average molecular weight is 516 g/mol. The minimum atomic E-state index is -0.103. The van der Waals surface area contributed by atoms with E-state index >= 15 is 0 Å². The Balaban J connectivity index is 1.15. The van der Waals surface area contributed by atoms with E-state index in [9.17, 15) is 9.59 Å². The summed E-state index contributed by atoms with van der Waals surface area (Å²) in [6, 6.07) is 9.53. The van der Waals surface area contributed by atoms with Gasteiger partial charge in [-0.25, -0.2) is 9.78 Å². The summed E-state index contributed by atoms with van der Waals surface area (Å²) in [7, 11) is 0. The smallest absolute Gasteiger partial charge is 0.327 e. The summed E-state index contributed by atoms with van der Waals surface area (Å²) in [6.45, 7) is 9.03. The first-order valence-corrected chi connectivity index (χ1v) is 14.0. The minimum absolute atomic E-state index is 0.0136. The molecule has 9 heteroatoms. The monoisotopic (exact) mass is 515 g/mol. The number of nitrogens with one attached hydrogen (secondary N) is 2. The van der Waals surface area contributed by atoms with Gasteiger partial charge >= 0.3 is 5.69 Å². The molecule has 3 heterocycles. The summed E-state index contributed by atoms with van der Waals surface area (Å²) in [4.78, 5) is 41.0. The van der Waals surface area contributed by atoms with Gasteiger partial charge in [0.15, 0.2) is 5.65 Å². The van der Waals surface area contributed by atoms with E-state index in [1.54, 1.807) is 10.8 Å². The van der Waals surface area contributed by atoms with Crippen LogP contribution in [0.25, 0.3) is 11.2 Å². The number of aromatic amines is 1. The van der Waals surface area contributed by atoms with Crippen molar-refractivity contribution in [2.24, 2.45) is 5.92 Å². The molecule has 0 radical (unpaired) electrons. The molecule has 6 rings (SSSR count). The lowest BCUT2D eigenvalue weighted by Gasteiger charge is -2.39. The van der Waals surface area contributed by atoms with E-state index in [0.29, 0.717) is 23.2 Å². The molecule has 1 aromatic carbocycles. The Morgan fingerprint density at radius 2 is 1.84 bits per heavy atom. The van der Waals surface area contributed by atoms with Crippen LogP contribution in [0.5, 0.6) is 0 Å². The van der Waals surface area contributed by atoms with Crippen LogP contribution in [0.3, 0.4) is 0 Å². The Labute approximate surface area is 223 Å². The molecule has 1 unspecified atom stereocenters. The minimum Gasteiger partial charge on any atom is -0.348 e. The number of anilines is 1. The lowest BCUT2D eigenvalue weighted by Crippen LogP contribution is -2.49. The molecule has 0 spiro atoms. The second-order valence-electron chi connectivity index (χ2n) is 11.1. The molecule has 2 aliphatic carbocycles. The highest BCUT2D eigenvalue weighted by molar-refractivity contribution is 5.87. The lowest BCUT2D eigenvalue weighted by molar-refractivity contribution is -0.128. The average Bonchev–Trinajstić information content (AvgIpc) is 3.68. The summed E-state index contributed by atoms with van der Waals surface area (Å²) in [5, 5.41) is 3.43. The Hall–Kier alpha value is -3.46. The van der Waals surface area contributed by atoms with Crippen molar-refractivity contribution in [2.75, 3.05) is 31.5 Å². The molecular formula is C29H37N7O2. The number of hydrogen-bond donors (Lipinski definition) is 2. The standard InChI is InChI=1S/C29H37N7O2/c1-3-26(37)35-15-13-34(14-16-35)25(17-20-7-8-20)22-11-9-21(10-12-22)19(2)31-28-30-18-24-27(33-28)36(29(38)32-24)23-5-4-6-23/h3,9-12,18-20,23,25H,1,4-8,13-17H2,2H3,(H,32,38)(H,30,31,33)/t19-,25?/m0/s1. The number of imidazole rings is 1. The van der Waals surface area contributed by atoms with Crippen LogP contribution in [0.1, 0.15) is 74.7 Å². The SMILES string of the molecule is C=CC(=O)N1CCN(C(CC2CC2)c2ccc([C@H](C)Nc3ncc4[nH]c(=O)n(C5CCC5)c4n3)cc2)CC1. The topological polar surface area (TPSA) is 99.2 Å². The van der Waals surface area contributed by atoms with Crippen LogP contribution in [0.15, 0.2) is 47.9 Å². The number of carbonyl (C=O) groups is 1. The van der Waals surface area contributed by atoms with Crippen molar-refractivity contribution < 1.29 is 4.79 Å². The van der Waals surface area contributed by atoms with E-state index in [-0.39, 0.29) is 23.7 Å². The predicted molar refractivity (Wildman–Crippen MR) is 148 cm³/mol. The van der Waals surface area contributed by atoms with Crippen LogP contribution in [0.4, 0.5) is 5.95 Å². The van der Waals surface area contributed by atoms with Gasteiger partial charge in [0, 0.05) is 38.3 Å². The van der Waals surface area contributed by atoms with E-state index in [2.05, 4.69) is 58.0 Å². The first-order chi connectivity index (χ1) is 18.5. The molecule has 0 bridgehead atoms. The highest BCUT2D eigenvalue weighted by Gasteiger charge is 2.32. The first kappa shape index (κ1) is 24.9. The number of piperazine rings is 1. The van der Waals surface area contributed by atoms with Crippen molar-refractivity contribution in [1.82, 2.24) is 29.3 Å². The molecule has 3 fully saturated rings. The molecular weight excluding hydrogens is 478 g/mol. The van der Waals surface area contributed by atoms with E-state index in [1.807, 2.05) is 4.90 Å². The number of carbonyl (C=O) groups excluding carboxylic acids is 1. The quantitative estimate of drug-likeness (QED) is 0.415. The highest BCUT2D eigenvalue weighted by atomic mass is 16.2. The summed E-state index contributed by atoms with van der Waals surface area (Å²) in [5.41, 5.74) is 3.76. The summed E-state index contributed by atoms with van der Waals surface area (Å²) < 4.78 is 1.79. The molecule has 2 aromatic heterocycles. The van der Waals surface area contributed by atoms with Gasteiger partial charge in [-0.3, -0.25) is 14.3 Å². The van der Waals surface area contributed by atoms with E-state index in [1.165, 1.54) is 30.9 Å². The third-order valence-corrected chi connectivity index (χ3v) is 8.56. The number of benzene rings is 1. The fourth-order valence-electron chi connectivity index (χ4n) is 5.80. The Kier molecular flexibility index (Phi) is 6.78. The molecule has 1 amide bonds. The molecule has 2 atom stereocenters. The fraction of sp³-hybridized carbons (Fsp3) is 0.517. The maximum Gasteiger partial charge on any atom is 0.327 e. The van der Waals surface area contributed by atoms with Crippen LogP contribution in [0, 0.1) is 5.92 Å². The zero-order chi connectivity index (χ0) is 26.2. The summed E-state index contributed by atoms with van der Waals surface area (Å²) >= 11 is 0. The van der Waals surface area contributed by atoms with E-state index in [4.69, 9.17) is 4.98 Å². The maximum atomic E-state index is 12.5. The van der Waals surface area contributed by atoms with E-state index in [0.717, 1.165) is 56.9 Å².